The number of hydrogen-bond acceptors (Lipinski definition) is 3. The number of aromatic nitrogens is 3. The van der Waals surface area contributed by atoms with Gasteiger partial charge in [-0.05, 0) is 18.1 Å². The summed E-state index contributed by atoms with van der Waals surface area (Å²) in [5, 5.41) is 7.86. The van der Waals surface area contributed by atoms with Crippen molar-refractivity contribution in [1.82, 2.24) is 14.8 Å². The molecule has 2 rings (SSSR count). The molecule has 0 spiro atoms. The van der Waals surface area contributed by atoms with Crippen LogP contribution in [-0.4, -0.2) is 21.3 Å². The first-order valence-corrected chi connectivity index (χ1v) is 5.85. The van der Waals surface area contributed by atoms with E-state index >= 15 is 0 Å². The molecule has 90 valence electrons. The predicted molar refractivity (Wildman–Crippen MR) is 69.8 cm³/mol. The molecule has 0 atom stereocenters. The first kappa shape index (κ1) is 11.6. The van der Waals surface area contributed by atoms with Crippen LogP contribution < -0.4 is 5.32 Å². The van der Waals surface area contributed by atoms with Crippen molar-refractivity contribution in [3.8, 4) is 11.3 Å². The number of rotatable bonds is 4. The second kappa shape index (κ2) is 4.99. The first-order chi connectivity index (χ1) is 8.16. The molecule has 0 saturated carbocycles. The Labute approximate surface area is 102 Å². The van der Waals surface area contributed by atoms with E-state index in [4.69, 9.17) is 0 Å². The van der Waals surface area contributed by atoms with Gasteiger partial charge in [-0.3, -0.25) is 9.67 Å². The molecule has 0 amide bonds. The molecule has 0 bridgehead atoms. The van der Waals surface area contributed by atoms with E-state index in [2.05, 4.69) is 35.3 Å². The third-order valence-electron chi connectivity index (χ3n) is 2.53. The zero-order valence-corrected chi connectivity index (χ0v) is 10.5. The van der Waals surface area contributed by atoms with Gasteiger partial charge in [0.1, 0.15) is 5.82 Å². The molecule has 0 aliphatic rings. The van der Waals surface area contributed by atoms with Gasteiger partial charge in [-0.2, -0.15) is 5.10 Å². The lowest BCUT2D eigenvalue weighted by molar-refractivity contribution is 0.676. The van der Waals surface area contributed by atoms with Crippen LogP contribution in [-0.2, 0) is 7.05 Å². The lowest BCUT2D eigenvalue weighted by atomic mass is 10.2. The standard InChI is InChI=1S/C13H18N4/c1-10(2)8-15-13-7-12(16-17(13)3)11-5-4-6-14-9-11/h4-7,9-10,15H,8H2,1-3H3. The van der Waals surface area contributed by atoms with E-state index in [9.17, 15) is 0 Å². The van der Waals surface area contributed by atoms with Crippen molar-refractivity contribution in [2.75, 3.05) is 11.9 Å². The van der Waals surface area contributed by atoms with Crippen molar-refractivity contribution in [3.63, 3.8) is 0 Å². The molecule has 0 aliphatic carbocycles. The molecular weight excluding hydrogens is 212 g/mol. The molecule has 2 aromatic rings. The normalized spacial score (nSPS) is 10.8. The van der Waals surface area contributed by atoms with Crippen LogP contribution in [0.2, 0.25) is 0 Å². The van der Waals surface area contributed by atoms with Crippen LogP contribution in [0, 0.1) is 5.92 Å². The smallest absolute Gasteiger partial charge is 0.124 e. The summed E-state index contributed by atoms with van der Waals surface area (Å²) in [5.41, 5.74) is 1.99. The molecular formula is C13H18N4. The maximum absolute atomic E-state index is 4.47. The molecule has 0 saturated heterocycles. The fourth-order valence-corrected chi connectivity index (χ4v) is 1.60. The molecule has 4 heteroatoms. The van der Waals surface area contributed by atoms with E-state index < -0.39 is 0 Å². The number of aryl methyl sites for hydroxylation is 1. The second-order valence-corrected chi connectivity index (χ2v) is 4.55. The minimum Gasteiger partial charge on any atom is -0.370 e. The van der Waals surface area contributed by atoms with Crippen LogP contribution in [0.1, 0.15) is 13.8 Å². The minimum absolute atomic E-state index is 0.617. The van der Waals surface area contributed by atoms with E-state index in [0.29, 0.717) is 5.92 Å². The Hall–Kier alpha value is -1.84. The highest BCUT2D eigenvalue weighted by Crippen LogP contribution is 2.20. The molecule has 0 fully saturated rings. The van der Waals surface area contributed by atoms with Gasteiger partial charge in [-0.15, -0.1) is 0 Å². The average Bonchev–Trinajstić information content (AvgIpc) is 2.69. The summed E-state index contributed by atoms with van der Waals surface area (Å²) < 4.78 is 1.87. The molecule has 4 nitrogen and oxygen atoms in total. The Morgan fingerprint density at radius 3 is 2.88 bits per heavy atom. The maximum Gasteiger partial charge on any atom is 0.124 e. The SMILES string of the molecule is CC(C)CNc1cc(-c2cccnc2)nn1C. The van der Waals surface area contributed by atoms with E-state index in [-0.39, 0.29) is 0 Å². The Bertz CT molecular complexity index is 473. The van der Waals surface area contributed by atoms with Gasteiger partial charge in [-0.1, -0.05) is 13.8 Å². The number of hydrogen-bond donors (Lipinski definition) is 1. The van der Waals surface area contributed by atoms with Gasteiger partial charge in [0.05, 0.1) is 5.69 Å². The Balaban J connectivity index is 2.19. The average molecular weight is 230 g/mol. The van der Waals surface area contributed by atoms with Crippen molar-refractivity contribution in [2.45, 2.75) is 13.8 Å². The second-order valence-electron chi connectivity index (χ2n) is 4.55. The van der Waals surface area contributed by atoms with Gasteiger partial charge in [0.2, 0.25) is 0 Å². The summed E-state index contributed by atoms with van der Waals surface area (Å²) in [6.07, 6.45) is 3.60. The first-order valence-electron chi connectivity index (χ1n) is 5.85. The third-order valence-corrected chi connectivity index (χ3v) is 2.53. The highest BCUT2D eigenvalue weighted by atomic mass is 15.3. The highest BCUT2D eigenvalue weighted by Gasteiger charge is 2.07. The topological polar surface area (TPSA) is 42.7 Å². The lowest BCUT2D eigenvalue weighted by Crippen LogP contribution is -2.10. The fraction of sp³-hybridized carbons (Fsp3) is 0.385. The largest absolute Gasteiger partial charge is 0.370 e. The van der Waals surface area contributed by atoms with E-state index in [1.54, 1.807) is 6.20 Å². The Morgan fingerprint density at radius 1 is 1.41 bits per heavy atom. The maximum atomic E-state index is 4.47. The summed E-state index contributed by atoms with van der Waals surface area (Å²) in [6.45, 7) is 5.32. The van der Waals surface area contributed by atoms with Crippen molar-refractivity contribution in [1.29, 1.82) is 0 Å². The zero-order valence-electron chi connectivity index (χ0n) is 10.5. The summed E-state index contributed by atoms with van der Waals surface area (Å²) >= 11 is 0. The number of nitrogens with one attached hydrogen (secondary N) is 1. The van der Waals surface area contributed by atoms with Gasteiger partial charge in [0.25, 0.3) is 0 Å². The summed E-state index contributed by atoms with van der Waals surface area (Å²) in [5.74, 6) is 1.66. The molecule has 0 aromatic carbocycles. The van der Waals surface area contributed by atoms with Gasteiger partial charge in [0.15, 0.2) is 0 Å². The van der Waals surface area contributed by atoms with Crippen LogP contribution in [0.5, 0.6) is 0 Å². The number of anilines is 1. The molecule has 17 heavy (non-hydrogen) atoms. The minimum atomic E-state index is 0.617. The lowest BCUT2D eigenvalue weighted by Gasteiger charge is -2.07. The van der Waals surface area contributed by atoms with E-state index in [0.717, 1.165) is 23.6 Å². The molecule has 2 aromatic heterocycles. The van der Waals surface area contributed by atoms with Gasteiger partial charge in [0, 0.05) is 37.6 Å². The molecule has 2 heterocycles. The van der Waals surface area contributed by atoms with Crippen molar-refractivity contribution in [3.05, 3.63) is 30.6 Å². The third kappa shape index (κ3) is 2.84. The molecule has 0 radical (unpaired) electrons. The van der Waals surface area contributed by atoms with Crippen molar-refractivity contribution < 1.29 is 0 Å². The summed E-state index contributed by atoms with van der Waals surface area (Å²) in [7, 11) is 1.95. The Kier molecular flexibility index (Phi) is 3.42. The molecule has 1 N–H and O–H groups in total. The quantitative estimate of drug-likeness (QED) is 0.877. The zero-order chi connectivity index (χ0) is 12.3. The molecule has 0 unspecified atom stereocenters. The highest BCUT2D eigenvalue weighted by molar-refractivity contribution is 5.61. The van der Waals surface area contributed by atoms with Gasteiger partial charge in [-0.25, -0.2) is 0 Å². The number of nitrogens with zero attached hydrogens (tertiary/aromatic N) is 3. The fourth-order valence-electron chi connectivity index (χ4n) is 1.60. The number of pyridine rings is 1. The van der Waals surface area contributed by atoms with Crippen LogP contribution >= 0.6 is 0 Å². The van der Waals surface area contributed by atoms with Gasteiger partial charge < -0.3 is 5.32 Å². The van der Waals surface area contributed by atoms with Crippen LogP contribution in [0.4, 0.5) is 5.82 Å². The molecule has 0 aliphatic heterocycles. The predicted octanol–water partition coefficient (Wildman–Crippen LogP) is 2.55. The summed E-state index contributed by atoms with van der Waals surface area (Å²) in [4.78, 5) is 4.10. The summed E-state index contributed by atoms with van der Waals surface area (Å²) in [6, 6.07) is 5.99. The Morgan fingerprint density at radius 2 is 2.24 bits per heavy atom. The van der Waals surface area contributed by atoms with Crippen LogP contribution in [0.25, 0.3) is 11.3 Å². The van der Waals surface area contributed by atoms with E-state index in [1.165, 1.54) is 0 Å². The van der Waals surface area contributed by atoms with Crippen molar-refractivity contribution >= 4 is 5.82 Å². The monoisotopic (exact) mass is 230 g/mol. The van der Waals surface area contributed by atoms with Gasteiger partial charge >= 0.3 is 0 Å². The van der Waals surface area contributed by atoms with Crippen LogP contribution in [0.15, 0.2) is 30.6 Å². The van der Waals surface area contributed by atoms with Crippen LogP contribution in [0.3, 0.4) is 0 Å². The van der Waals surface area contributed by atoms with Crippen molar-refractivity contribution in [2.24, 2.45) is 13.0 Å². The van der Waals surface area contributed by atoms with E-state index in [1.807, 2.05) is 30.1 Å².